The van der Waals surface area contributed by atoms with Crippen molar-refractivity contribution in [2.45, 2.75) is 19.4 Å². The van der Waals surface area contributed by atoms with E-state index in [-0.39, 0.29) is 12.3 Å². The maximum Gasteiger partial charge on any atom is 0.223 e. The molecule has 2 heterocycles. The summed E-state index contributed by atoms with van der Waals surface area (Å²) in [6.07, 6.45) is 4.61. The van der Waals surface area contributed by atoms with Crippen molar-refractivity contribution < 1.29 is 4.79 Å². The van der Waals surface area contributed by atoms with Crippen LogP contribution in [0.5, 0.6) is 0 Å². The minimum absolute atomic E-state index is 0.189. The van der Waals surface area contributed by atoms with E-state index in [0.29, 0.717) is 13.0 Å². The number of nitrogens with one attached hydrogen (secondary N) is 1. The van der Waals surface area contributed by atoms with Crippen molar-refractivity contribution in [3.63, 3.8) is 0 Å². The summed E-state index contributed by atoms with van der Waals surface area (Å²) < 4.78 is 2.02. The smallest absolute Gasteiger partial charge is 0.223 e. The van der Waals surface area contributed by atoms with Gasteiger partial charge in [-0.1, -0.05) is 36.4 Å². The number of primary amides is 1. The van der Waals surface area contributed by atoms with Gasteiger partial charge in [-0.25, -0.2) is 4.98 Å². The summed E-state index contributed by atoms with van der Waals surface area (Å²) in [4.78, 5) is 19.4. The summed E-state index contributed by atoms with van der Waals surface area (Å²) in [7, 11) is 0. The number of amides is 1. The lowest BCUT2D eigenvalue weighted by Gasteiger charge is -2.10. The molecule has 0 unspecified atom stereocenters. The Labute approximate surface area is 151 Å². The Bertz CT molecular complexity index is 1050. The molecular weight excluding hydrogens is 324 g/mol. The summed E-state index contributed by atoms with van der Waals surface area (Å²) in [5.41, 5.74) is 10.7. The number of carbonyl (C=O) groups excluding carboxylic acids is 1. The zero-order valence-electron chi connectivity index (χ0n) is 14.4. The average molecular weight is 344 g/mol. The van der Waals surface area contributed by atoms with Gasteiger partial charge in [-0.3, -0.25) is 4.79 Å². The number of nitrogens with zero attached hydrogens (tertiary/aromatic N) is 2. The molecule has 0 bridgehead atoms. The highest BCUT2D eigenvalue weighted by atomic mass is 16.1. The maximum absolute atomic E-state index is 11.6. The second-order valence-electron chi connectivity index (χ2n) is 6.47. The monoisotopic (exact) mass is 344 g/mol. The molecule has 4 aromatic rings. The molecule has 5 nitrogen and oxygen atoms in total. The van der Waals surface area contributed by atoms with Crippen LogP contribution >= 0.6 is 0 Å². The van der Waals surface area contributed by atoms with Crippen molar-refractivity contribution in [1.82, 2.24) is 14.5 Å². The van der Waals surface area contributed by atoms with Gasteiger partial charge in [-0.05, 0) is 34.7 Å². The number of rotatable bonds is 6. The van der Waals surface area contributed by atoms with Gasteiger partial charge in [-0.15, -0.1) is 0 Å². The highest BCUT2D eigenvalue weighted by Crippen LogP contribution is 2.18. The first-order valence-electron chi connectivity index (χ1n) is 8.60. The largest absolute Gasteiger partial charge is 0.369 e. The minimum atomic E-state index is -0.345. The summed E-state index contributed by atoms with van der Waals surface area (Å²) in [6.45, 7) is 0.658. The van der Waals surface area contributed by atoms with E-state index in [1.165, 1.54) is 5.39 Å². The number of imidazole rings is 1. The molecule has 0 aliphatic carbocycles. The topological polar surface area (TPSA) is 76.7 Å². The molecule has 26 heavy (non-hydrogen) atoms. The molecule has 2 aromatic heterocycles. The van der Waals surface area contributed by atoms with Crippen molar-refractivity contribution in [3.05, 3.63) is 89.6 Å². The quantitative estimate of drug-likeness (QED) is 0.564. The van der Waals surface area contributed by atoms with E-state index in [9.17, 15) is 4.79 Å². The molecule has 0 saturated heterocycles. The van der Waals surface area contributed by atoms with Gasteiger partial charge >= 0.3 is 0 Å². The van der Waals surface area contributed by atoms with E-state index in [2.05, 4.69) is 46.4 Å². The Morgan fingerprint density at radius 2 is 1.92 bits per heavy atom. The summed E-state index contributed by atoms with van der Waals surface area (Å²) in [5.74, 6) is -0.345. The second kappa shape index (κ2) is 6.88. The zero-order chi connectivity index (χ0) is 17.9. The maximum atomic E-state index is 11.6. The van der Waals surface area contributed by atoms with Crippen LogP contribution < -0.4 is 5.73 Å². The van der Waals surface area contributed by atoms with Gasteiger partial charge in [0.2, 0.25) is 5.91 Å². The van der Waals surface area contributed by atoms with Crippen LogP contribution in [0.1, 0.15) is 22.5 Å². The zero-order valence-corrected chi connectivity index (χ0v) is 14.4. The van der Waals surface area contributed by atoms with Crippen LogP contribution in [0.4, 0.5) is 0 Å². The van der Waals surface area contributed by atoms with Crippen LogP contribution in [-0.2, 0) is 24.2 Å². The molecular formula is C21H20N4O. The molecule has 0 fully saturated rings. The first-order chi connectivity index (χ1) is 12.7. The summed E-state index contributed by atoms with van der Waals surface area (Å²) in [6, 6.07) is 18.5. The fourth-order valence-electron chi connectivity index (χ4n) is 3.29. The molecule has 3 N–H and O–H groups in total. The molecule has 0 radical (unpaired) electrons. The fourth-order valence-corrected chi connectivity index (χ4v) is 3.29. The van der Waals surface area contributed by atoms with Crippen molar-refractivity contribution in [1.29, 1.82) is 0 Å². The van der Waals surface area contributed by atoms with Crippen molar-refractivity contribution in [2.24, 2.45) is 5.73 Å². The lowest BCUT2D eigenvalue weighted by atomic mass is 10.1. The predicted octanol–water partition coefficient (Wildman–Crippen LogP) is 3.03. The number of H-pyrrole nitrogens is 1. The summed E-state index contributed by atoms with van der Waals surface area (Å²) >= 11 is 0. The molecule has 0 aliphatic heterocycles. The van der Waals surface area contributed by atoms with Crippen molar-refractivity contribution in [2.75, 3.05) is 0 Å². The minimum Gasteiger partial charge on any atom is -0.369 e. The number of fused-ring (bicyclic) bond motifs is 1. The molecule has 5 heteroatoms. The van der Waals surface area contributed by atoms with Gasteiger partial charge in [-0.2, -0.15) is 0 Å². The molecule has 0 spiro atoms. The van der Waals surface area contributed by atoms with Gasteiger partial charge in [0.25, 0.3) is 0 Å². The molecule has 2 aromatic carbocycles. The lowest BCUT2D eigenvalue weighted by molar-refractivity contribution is -0.117. The molecule has 130 valence electrons. The van der Waals surface area contributed by atoms with E-state index in [1.807, 2.05) is 29.0 Å². The Morgan fingerprint density at radius 1 is 1.08 bits per heavy atom. The van der Waals surface area contributed by atoms with Crippen LogP contribution in [0.3, 0.4) is 0 Å². The standard InChI is InChI=1S/C21H20N4O/c22-21(26)12-20-19(11-15-4-2-1-3-5-15)24-14-25(20)13-16-6-7-18-17(10-16)8-9-23-18/h1-10,14,23H,11-13H2,(H2,22,26). The van der Waals surface area contributed by atoms with E-state index in [1.54, 1.807) is 6.33 Å². The Morgan fingerprint density at radius 3 is 2.73 bits per heavy atom. The number of aromatic amines is 1. The first kappa shape index (κ1) is 16.1. The number of nitrogens with two attached hydrogens (primary N) is 1. The van der Waals surface area contributed by atoms with Crippen molar-refractivity contribution in [3.8, 4) is 0 Å². The second-order valence-corrected chi connectivity index (χ2v) is 6.47. The van der Waals surface area contributed by atoms with E-state index in [4.69, 9.17) is 5.73 Å². The number of benzene rings is 2. The third kappa shape index (κ3) is 3.37. The van der Waals surface area contributed by atoms with Gasteiger partial charge in [0.05, 0.1) is 24.1 Å². The Kier molecular flexibility index (Phi) is 4.27. The number of aromatic nitrogens is 3. The molecule has 0 saturated carbocycles. The highest BCUT2D eigenvalue weighted by Gasteiger charge is 2.14. The molecule has 0 atom stereocenters. The fraction of sp³-hybridized carbons (Fsp3) is 0.143. The van der Waals surface area contributed by atoms with Gasteiger partial charge in [0.1, 0.15) is 0 Å². The van der Waals surface area contributed by atoms with Gasteiger partial charge < -0.3 is 15.3 Å². The van der Waals surface area contributed by atoms with Crippen LogP contribution in [-0.4, -0.2) is 20.4 Å². The van der Waals surface area contributed by atoms with Gasteiger partial charge in [0, 0.05) is 24.7 Å². The highest BCUT2D eigenvalue weighted by molar-refractivity contribution is 5.80. The number of carbonyl (C=O) groups is 1. The van der Waals surface area contributed by atoms with Crippen LogP contribution in [0, 0.1) is 0 Å². The third-order valence-corrected chi connectivity index (χ3v) is 4.56. The van der Waals surface area contributed by atoms with E-state index < -0.39 is 0 Å². The Hall–Kier alpha value is -3.34. The Balaban J connectivity index is 1.65. The van der Waals surface area contributed by atoms with Gasteiger partial charge in [0.15, 0.2) is 0 Å². The lowest BCUT2D eigenvalue weighted by Crippen LogP contribution is -2.18. The third-order valence-electron chi connectivity index (χ3n) is 4.56. The predicted molar refractivity (Wildman–Crippen MR) is 102 cm³/mol. The molecule has 4 rings (SSSR count). The molecule has 0 aliphatic rings. The van der Waals surface area contributed by atoms with Crippen LogP contribution in [0.25, 0.3) is 10.9 Å². The van der Waals surface area contributed by atoms with E-state index >= 15 is 0 Å². The van der Waals surface area contributed by atoms with Crippen LogP contribution in [0.15, 0.2) is 67.1 Å². The van der Waals surface area contributed by atoms with E-state index in [0.717, 1.165) is 28.0 Å². The molecule has 1 amide bonds. The number of hydrogen-bond acceptors (Lipinski definition) is 2. The average Bonchev–Trinajstić information content (AvgIpc) is 3.24. The van der Waals surface area contributed by atoms with Crippen LogP contribution in [0.2, 0.25) is 0 Å². The van der Waals surface area contributed by atoms with Crippen molar-refractivity contribution >= 4 is 16.8 Å². The SMILES string of the molecule is NC(=O)Cc1c(Cc2ccccc2)ncn1Cc1ccc2[nH]ccc2c1. The first-order valence-corrected chi connectivity index (χ1v) is 8.60. The normalized spacial score (nSPS) is 11.1. The summed E-state index contributed by atoms with van der Waals surface area (Å²) in [5, 5.41) is 1.17. The number of hydrogen-bond donors (Lipinski definition) is 2.